The number of rotatable bonds is 7. The minimum absolute atomic E-state index is 0.0983. The van der Waals surface area contributed by atoms with Gasteiger partial charge >= 0.3 is 5.97 Å². The number of ether oxygens (including phenoxy) is 1. The van der Waals surface area contributed by atoms with E-state index in [0.29, 0.717) is 6.54 Å². The van der Waals surface area contributed by atoms with Crippen molar-refractivity contribution in [2.75, 3.05) is 65.4 Å². The van der Waals surface area contributed by atoms with Gasteiger partial charge in [0.15, 0.2) is 6.61 Å². The molecule has 0 radical (unpaired) electrons. The van der Waals surface area contributed by atoms with E-state index >= 15 is 0 Å². The second-order valence-corrected chi connectivity index (χ2v) is 6.93. The Morgan fingerprint density at radius 2 is 1.77 bits per heavy atom. The summed E-state index contributed by atoms with van der Waals surface area (Å²) in [4.78, 5) is 29.6. The molecule has 1 aromatic rings. The topological polar surface area (TPSA) is 65.1 Å². The van der Waals surface area contributed by atoms with Crippen molar-refractivity contribution >= 4 is 17.6 Å². The van der Waals surface area contributed by atoms with Crippen LogP contribution in [-0.4, -0.2) is 82.1 Å². The zero-order valence-corrected chi connectivity index (χ0v) is 16.2. The highest BCUT2D eigenvalue weighted by molar-refractivity contribution is 5.79. The number of benzene rings is 1. The van der Waals surface area contributed by atoms with Crippen LogP contribution in [0.15, 0.2) is 24.3 Å². The number of carbonyl (C=O) groups is 2. The summed E-state index contributed by atoms with van der Waals surface area (Å²) >= 11 is 0. The molecule has 26 heavy (non-hydrogen) atoms. The lowest BCUT2D eigenvalue weighted by Crippen LogP contribution is -2.48. The van der Waals surface area contributed by atoms with Gasteiger partial charge in [0.05, 0.1) is 6.04 Å². The van der Waals surface area contributed by atoms with Crippen LogP contribution in [-0.2, 0) is 14.3 Å². The lowest BCUT2D eigenvalue weighted by Gasteiger charge is -2.38. The first-order chi connectivity index (χ1) is 12.4. The van der Waals surface area contributed by atoms with Crippen LogP contribution in [0.3, 0.4) is 0 Å². The van der Waals surface area contributed by atoms with Gasteiger partial charge in [0.1, 0.15) is 0 Å². The Balaban J connectivity index is 2.06. The van der Waals surface area contributed by atoms with Crippen molar-refractivity contribution in [1.29, 1.82) is 0 Å². The van der Waals surface area contributed by atoms with E-state index in [1.807, 2.05) is 14.1 Å². The van der Waals surface area contributed by atoms with Crippen molar-refractivity contribution in [3.63, 3.8) is 0 Å². The molecule has 1 atom stereocenters. The van der Waals surface area contributed by atoms with Crippen LogP contribution < -0.4 is 10.2 Å². The van der Waals surface area contributed by atoms with Gasteiger partial charge in [-0.25, -0.2) is 0 Å². The van der Waals surface area contributed by atoms with Gasteiger partial charge in [-0.2, -0.15) is 0 Å². The largest absolute Gasteiger partial charge is 0.456 e. The van der Waals surface area contributed by atoms with Crippen molar-refractivity contribution in [2.45, 2.75) is 13.0 Å². The fraction of sp³-hybridized carbons (Fsp3) is 0.579. The molecule has 0 aromatic heterocycles. The second kappa shape index (κ2) is 9.54. The van der Waals surface area contributed by atoms with E-state index in [4.69, 9.17) is 4.74 Å². The molecule has 1 amide bonds. The number of carbonyl (C=O) groups excluding carboxylic acids is 2. The number of piperazine rings is 1. The first-order valence-corrected chi connectivity index (χ1v) is 8.96. The number of nitrogens with one attached hydrogen (secondary N) is 1. The van der Waals surface area contributed by atoms with Crippen LogP contribution in [0.5, 0.6) is 0 Å². The number of esters is 1. The lowest BCUT2D eigenvalue weighted by atomic mass is 10.0. The van der Waals surface area contributed by atoms with Crippen LogP contribution in [0, 0.1) is 0 Å². The van der Waals surface area contributed by atoms with Crippen LogP contribution in [0.4, 0.5) is 5.69 Å². The molecule has 1 saturated heterocycles. The maximum atomic E-state index is 11.9. The van der Waals surface area contributed by atoms with E-state index in [1.54, 1.807) is 0 Å². The molecule has 0 aliphatic carbocycles. The van der Waals surface area contributed by atoms with Gasteiger partial charge in [0, 0.05) is 59.4 Å². The molecule has 0 unspecified atom stereocenters. The highest BCUT2D eigenvalue weighted by Crippen LogP contribution is 2.24. The van der Waals surface area contributed by atoms with Crippen LogP contribution in [0.1, 0.15) is 18.5 Å². The number of nitrogens with zero attached hydrogens (tertiary/aromatic N) is 3. The summed E-state index contributed by atoms with van der Waals surface area (Å²) in [6, 6.07) is 8.53. The minimum Gasteiger partial charge on any atom is -0.456 e. The zero-order valence-electron chi connectivity index (χ0n) is 16.2. The molecule has 0 spiro atoms. The maximum Gasteiger partial charge on any atom is 0.303 e. The fourth-order valence-electron chi connectivity index (χ4n) is 3.01. The minimum atomic E-state index is -0.449. The smallest absolute Gasteiger partial charge is 0.303 e. The molecule has 2 rings (SSSR count). The summed E-state index contributed by atoms with van der Waals surface area (Å²) in [7, 11) is 6.16. The molecule has 0 saturated carbocycles. The van der Waals surface area contributed by atoms with E-state index in [9.17, 15) is 9.59 Å². The van der Waals surface area contributed by atoms with Crippen molar-refractivity contribution in [2.24, 2.45) is 0 Å². The Hall–Kier alpha value is -2.12. The molecule has 7 nitrogen and oxygen atoms in total. The molecule has 1 fully saturated rings. The summed E-state index contributed by atoms with van der Waals surface area (Å²) in [5.74, 6) is -0.723. The van der Waals surface area contributed by atoms with Crippen LogP contribution >= 0.6 is 0 Å². The van der Waals surface area contributed by atoms with Crippen molar-refractivity contribution < 1.29 is 14.3 Å². The average Bonchev–Trinajstić information content (AvgIpc) is 2.62. The third-order valence-corrected chi connectivity index (χ3v) is 4.67. The molecular formula is C19H30N4O3. The Kier molecular flexibility index (Phi) is 7.41. The molecule has 7 heteroatoms. The van der Waals surface area contributed by atoms with E-state index < -0.39 is 5.97 Å². The van der Waals surface area contributed by atoms with Crippen molar-refractivity contribution in [1.82, 2.24) is 15.1 Å². The Bertz CT molecular complexity index is 595. The summed E-state index contributed by atoms with van der Waals surface area (Å²) in [5.41, 5.74) is 2.32. The fourth-order valence-corrected chi connectivity index (χ4v) is 3.01. The lowest BCUT2D eigenvalue weighted by molar-refractivity contribution is -0.146. The van der Waals surface area contributed by atoms with Gasteiger partial charge in [0.25, 0.3) is 5.91 Å². The number of likely N-dealkylation sites (N-methyl/N-ethyl adjacent to an activating group) is 1. The van der Waals surface area contributed by atoms with Crippen LogP contribution in [0.2, 0.25) is 0 Å². The van der Waals surface area contributed by atoms with E-state index in [0.717, 1.165) is 31.9 Å². The Labute approximate surface area is 155 Å². The predicted octanol–water partition coefficient (Wildman–Crippen LogP) is 0.720. The molecule has 1 N–H and O–H groups in total. The van der Waals surface area contributed by atoms with E-state index in [1.165, 1.54) is 12.5 Å². The highest BCUT2D eigenvalue weighted by atomic mass is 16.5. The van der Waals surface area contributed by atoms with E-state index in [2.05, 4.69) is 51.3 Å². The van der Waals surface area contributed by atoms with Gasteiger partial charge < -0.3 is 19.9 Å². The average molecular weight is 362 g/mol. The summed E-state index contributed by atoms with van der Waals surface area (Å²) in [5, 5.41) is 2.90. The first-order valence-electron chi connectivity index (χ1n) is 8.96. The van der Waals surface area contributed by atoms with Gasteiger partial charge in [-0.15, -0.1) is 0 Å². The number of hydrogen-bond donors (Lipinski definition) is 1. The maximum absolute atomic E-state index is 11.9. The van der Waals surface area contributed by atoms with Gasteiger partial charge in [-0.3, -0.25) is 14.5 Å². The normalized spacial score (nSPS) is 16.8. The first kappa shape index (κ1) is 20.2. The highest BCUT2D eigenvalue weighted by Gasteiger charge is 2.24. The summed E-state index contributed by atoms with van der Waals surface area (Å²) in [6.07, 6.45) is 0. The monoisotopic (exact) mass is 362 g/mol. The van der Waals surface area contributed by atoms with Gasteiger partial charge in [-0.05, 0) is 24.7 Å². The molecule has 144 valence electrons. The third-order valence-electron chi connectivity index (χ3n) is 4.67. The summed E-state index contributed by atoms with van der Waals surface area (Å²) < 4.78 is 4.77. The number of hydrogen-bond acceptors (Lipinski definition) is 6. The molecule has 1 aliphatic heterocycles. The van der Waals surface area contributed by atoms with E-state index in [-0.39, 0.29) is 18.6 Å². The standard InChI is InChI=1S/C19H30N4O3/c1-15(24)26-14-19(25)20-13-18(23-11-9-22(4)10-12-23)16-5-7-17(8-6-16)21(2)3/h5-8,18H,9-14H2,1-4H3,(H,20,25)/t18-/m1/s1. The van der Waals surface area contributed by atoms with Crippen molar-refractivity contribution in [3.05, 3.63) is 29.8 Å². The Morgan fingerprint density at radius 1 is 1.15 bits per heavy atom. The quantitative estimate of drug-likeness (QED) is 0.721. The van der Waals surface area contributed by atoms with Crippen molar-refractivity contribution in [3.8, 4) is 0 Å². The predicted molar refractivity (Wildman–Crippen MR) is 102 cm³/mol. The third kappa shape index (κ3) is 6.00. The van der Waals surface area contributed by atoms with Gasteiger partial charge in [-0.1, -0.05) is 12.1 Å². The molecule has 1 heterocycles. The van der Waals surface area contributed by atoms with Gasteiger partial charge in [0.2, 0.25) is 0 Å². The molecule has 1 aliphatic rings. The SMILES string of the molecule is CC(=O)OCC(=O)NC[C@H](c1ccc(N(C)C)cc1)N1CCN(C)CC1. The second-order valence-electron chi connectivity index (χ2n) is 6.93. The number of anilines is 1. The molecular weight excluding hydrogens is 332 g/mol. The summed E-state index contributed by atoms with van der Waals surface area (Å²) in [6.45, 7) is 5.48. The molecule has 1 aromatic carbocycles. The zero-order chi connectivity index (χ0) is 19.1. The Morgan fingerprint density at radius 3 is 2.31 bits per heavy atom. The number of amides is 1. The van der Waals surface area contributed by atoms with Crippen LogP contribution in [0.25, 0.3) is 0 Å². The molecule has 0 bridgehead atoms.